The van der Waals surface area contributed by atoms with Gasteiger partial charge in [0, 0.05) is 18.1 Å². The lowest BCUT2D eigenvalue weighted by molar-refractivity contribution is 0.381. The van der Waals surface area contributed by atoms with Crippen molar-refractivity contribution in [1.29, 1.82) is 0 Å². The smallest absolute Gasteiger partial charge is 0.245 e. The predicted octanol–water partition coefficient (Wildman–Crippen LogP) is 2.59. The van der Waals surface area contributed by atoms with Gasteiger partial charge in [-0.2, -0.15) is 4.31 Å². The Morgan fingerprint density at radius 2 is 2.00 bits per heavy atom. The fourth-order valence-electron chi connectivity index (χ4n) is 1.68. The molecule has 0 aromatic heterocycles. The second-order valence-electron chi connectivity index (χ2n) is 4.53. The van der Waals surface area contributed by atoms with Crippen LogP contribution in [0.4, 0.5) is 5.69 Å². The van der Waals surface area contributed by atoms with Crippen molar-refractivity contribution in [2.45, 2.75) is 25.7 Å². The molecule has 1 aromatic carbocycles. The molecule has 0 aliphatic carbocycles. The maximum atomic E-state index is 12.5. The highest BCUT2D eigenvalue weighted by Gasteiger charge is 2.25. The van der Waals surface area contributed by atoms with Crippen molar-refractivity contribution in [3.05, 3.63) is 23.2 Å². The molecule has 0 amide bonds. The molecular weight excluding hydrogens is 272 g/mol. The van der Waals surface area contributed by atoms with Crippen molar-refractivity contribution in [2.75, 3.05) is 18.8 Å². The average Bonchev–Trinajstić information content (AvgIpc) is 2.28. The zero-order valence-corrected chi connectivity index (χ0v) is 12.4. The van der Waals surface area contributed by atoms with E-state index in [1.165, 1.54) is 16.4 Å². The SMILES string of the molecule is CCN(CC(C)C)S(=O)(=O)c1cc(Cl)ccc1N. The first kappa shape index (κ1) is 15.3. The van der Waals surface area contributed by atoms with Crippen LogP contribution >= 0.6 is 11.6 Å². The molecule has 0 aliphatic heterocycles. The van der Waals surface area contributed by atoms with Crippen LogP contribution in [-0.4, -0.2) is 25.8 Å². The van der Waals surface area contributed by atoms with Gasteiger partial charge >= 0.3 is 0 Å². The summed E-state index contributed by atoms with van der Waals surface area (Å²) in [5.74, 6) is 0.250. The molecule has 0 saturated heterocycles. The predicted molar refractivity (Wildman–Crippen MR) is 75.1 cm³/mol. The third-order valence-electron chi connectivity index (χ3n) is 2.51. The maximum absolute atomic E-state index is 12.5. The van der Waals surface area contributed by atoms with Crippen molar-refractivity contribution in [3.63, 3.8) is 0 Å². The molecule has 18 heavy (non-hydrogen) atoms. The normalized spacial score (nSPS) is 12.3. The van der Waals surface area contributed by atoms with E-state index in [2.05, 4.69) is 0 Å². The van der Waals surface area contributed by atoms with Gasteiger partial charge in [-0.15, -0.1) is 0 Å². The third kappa shape index (κ3) is 3.37. The van der Waals surface area contributed by atoms with Gasteiger partial charge in [-0.25, -0.2) is 8.42 Å². The van der Waals surface area contributed by atoms with Crippen LogP contribution in [0.1, 0.15) is 20.8 Å². The Hall–Kier alpha value is -0.780. The van der Waals surface area contributed by atoms with Crippen LogP contribution < -0.4 is 5.73 Å². The van der Waals surface area contributed by atoms with Crippen molar-refractivity contribution < 1.29 is 8.42 Å². The molecule has 0 bridgehead atoms. The van der Waals surface area contributed by atoms with E-state index in [9.17, 15) is 8.42 Å². The van der Waals surface area contributed by atoms with Crippen LogP contribution in [0.25, 0.3) is 0 Å². The molecule has 0 aliphatic rings. The molecule has 0 unspecified atom stereocenters. The Morgan fingerprint density at radius 1 is 1.39 bits per heavy atom. The number of hydrogen-bond donors (Lipinski definition) is 1. The fraction of sp³-hybridized carbons (Fsp3) is 0.500. The molecular formula is C12H19ClN2O2S. The Morgan fingerprint density at radius 3 is 2.50 bits per heavy atom. The standard InChI is InChI=1S/C12H19ClN2O2S/c1-4-15(8-9(2)3)18(16,17)12-7-10(13)5-6-11(12)14/h5-7,9H,4,8,14H2,1-3H3. The zero-order chi connectivity index (χ0) is 13.9. The second-order valence-corrected chi connectivity index (χ2v) is 6.87. The second kappa shape index (κ2) is 5.91. The number of hydrogen-bond acceptors (Lipinski definition) is 3. The summed E-state index contributed by atoms with van der Waals surface area (Å²) in [5, 5.41) is 0.364. The van der Waals surface area contributed by atoms with Crippen LogP contribution in [0.3, 0.4) is 0 Å². The fourth-order valence-corrected chi connectivity index (χ4v) is 3.67. The summed E-state index contributed by atoms with van der Waals surface area (Å²) >= 11 is 5.84. The van der Waals surface area contributed by atoms with Crippen LogP contribution in [0.2, 0.25) is 5.02 Å². The van der Waals surface area contributed by atoms with Crippen molar-refractivity contribution in [3.8, 4) is 0 Å². The largest absolute Gasteiger partial charge is 0.398 e. The molecule has 0 heterocycles. The zero-order valence-electron chi connectivity index (χ0n) is 10.9. The molecule has 1 rings (SSSR count). The monoisotopic (exact) mass is 290 g/mol. The van der Waals surface area contributed by atoms with E-state index in [0.29, 0.717) is 18.1 Å². The number of anilines is 1. The number of rotatable bonds is 5. The first-order valence-corrected chi connectivity index (χ1v) is 7.66. The molecule has 6 heteroatoms. The van der Waals surface area contributed by atoms with Gasteiger partial charge in [0.1, 0.15) is 4.90 Å². The van der Waals surface area contributed by atoms with Gasteiger partial charge in [-0.1, -0.05) is 32.4 Å². The summed E-state index contributed by atoms with van der Waals surface area (Å²) in [5.41, 5.74) is 5.96. The van der Waals surface area contributed by atoms with E-state index >= 15 is 0 Å². The number of nitrogens with zero attached hydrogens (tertiary/aromatic N) is 1. The summed E-state index contributed by atoms with van der Waals surface area (Å²) < 4.78 is 26.3. The van der Waals surface area contributed by atoms with Gasteiger partial charge in [-0.05, 0) is 24.1 Å². The lowest BCUT2D eigenvalue weighted by Gasteiger charge is -2.23. The van der Waals surface area contributed by atoms with Gasteiger partial charge in [0.25, 0.3) is 0 Å². The molecule has 4 nitrogen and oxygen atoms in total. The minimum Gasteiger partial charge on any atom is -0.398 e. The molecule has 1 aromatic rings. The number of sulfonamides is 1. The Bertz CT molecular complexity index is 515. The molecule has 0 fully saturated rings. The highest BCUT2D eigenvalue weighted by atomic mass is 35.5. The molecule has 2 N–H and O–H groups in total. The minimum absolute atomic E-state index is 0.0810. The maximum Gasteiger partial charge on any atom is 0.245 e. The van der Waals surface area contributed by atoms with Crippen molar-refractivity contribution in [2.24, 2.45) is 5.92 Å². The first-order valence-electron chi connectivity index (χ1n) is 5.84. The van der Waals surface area contributed by atoms with Crippen molar-refractivity contribution in [1.82, 2.24) is 4.31 Å². The quantitative estimate of drug-likeness (QED) is 0.848. The third-order valence-corrected chi connectivity index (χ3v) is 4.75. The topological polar surface area (TPSA) is 63.4 Å². The first-order chi connectivity index (χ1) is 8.28. The van der Waals surface area contributed by atoms with Gasteiger partial charge in [-0.3, -0.25) is 0 Å². The average molecular weight is 291 g/mol. The lowest BCUT2D eigenvalue weighted by Crippen LogP contribution is -2.34. The number of benzene rings is 1. The van der Waals surface area contributed by atoms with E-state index in [1.807, 2.05) is 13.8 Å². The number of nitrogens with two attached hydrogens (primary N) is 1. The molecule has 0 spiro atoms. The minimum atomic E-state index is -3.58. The lowest BCUT2D eigenvalue weighted by atomic mass is 10.2. The molecule has 0 radical (unpaired) electrons. The van der Waals surface area contributed by atoms with Crippen LogP contribution in [-0.2, 0) is 10.0 Å². The Balaban J connectivity index is 3.22. The van der Waals surface area contributed by atoms with Crippen LogP contribution in [0.15, 0.2) is 23.1 Å². The van der Waals surface area contributed by atoms with Crippen LogP contribution in [0.5, 0.6) is 0 Å². The van der Waals surface area contributed by atoms with E-state index in [-0.39, 0.29) is 16.5 Å². The van der Waals surface area contributed by atoms with E-state index in [1.54, 1.807) is 13.0 Å². The summed E-state index contributed by atoms with van der Waals surface area (Å²) in [7, 11) is -3.58. The van der Waals surface area contributed by atoms with Crippen molar-refractivity contribution >= 4 is 27.3 Å². The highest BCUT2D eigenvalue weighted by Crippen LogP contribution is 2.26. The molecule has 102 valence electrons. The van der Waals surface area contributed by atoms with Gasteiger partial charge in [0.2, 0.25) is 10.0 Å². The summed E-state index contributed by atoms with van der Waals surface area (Å²) in [6.45, 7) is 6.62. The van der Waals surface area contributed by atoms with Crippen LogP contribution in [0, 0.1) is 5.92 Å². The summed E-state index contributed by atoms with van der Waals surface area (Å²) in [6, 6.07) is 4.49. The van der Waals surface area contributed by atoms with E-state index in [0.717, 1.165) is 0 Å². The Labute approximate surface area is 114 Å². The summed E-state index contributed by atoms with van der Waals surface area (Å²) in [6.07, 6.45) is 0. The van der Waals surface area contributed by atoms with E-state index in [4.69, 9.17) is 17.3 Å². The number of nitrogen functional groups attached to an aromatic ring is 1. The molecule has 0 saturated carbocycles. The Kier molecular flexibility index (Phi) is 5.01. The number of halogens is 1. The van der Waals surface area contributed by atoms with Gasteiger partial charge < -0.3 is 5.73 Å². The van der Waals surface area contributed by atoms with E-state index < -0.39 is 10.0 Å². The molecule has 0 atom stereocenters. The highest BCUT2D eigenvalue weighted by molar-refractivity contribution is 7.89. The van der Waals surface area contributed by atoms with Gasteiger partial charge in [0.05, 0.1) is 5.69 Å². The summed E-state index contributed by atoms with van der Waals surface area (Å²) in [4.78, 5) is 0.0810. The van der Waals surface area contributed by atoms with Gasteiger partial charge in [0.15, 0.2) is 0 Å².